The normalized spacial score (nSPS) is 10.9. The van der Waals surface area contributed by atoms with E-state index in [0.29, 0.717) is 24.7 Å². The molecule has 0 unspecified atom stereocenters. The SMILES string of the molecule is CC(C)CN(Cc1cccn1Cc1ccccc1)C(=O)Nc1cccc(F)c1. The topological polar surface area (TPSA) is 37.3 Å². The summed E-state index contributed by atoms with van der Waals surface area (Å²) in [4.78, 5) is 14.6. The molecule has 1 N–H and O–H groups in total. The maximum absolute atomic E-state index is 13.4. The van der Waals surface area contributed by atoms with Gasteiger partial charge in [-0.2, -0.15) is 0 Å². The van der Waals surface area contributed by atoms with Crippen LogP contribution in [0.2, 0.25) is 0 Å². The van der Waals surface area contributed by atoms with Crippen molar-refractivity contribution in [1.82, 2.24) is 9.47 Å². The Morgan fingerprint density at radius 2 is 1.86 bits per heavy atom. The summed E-state index contributed by atoms with van der Waals surface area (Å²) in [5.41, 5.74) is 2.72. The first-order valence-electron chi connectivity index (χ1n) is 9.50. The van der Waals surface area contributed by atoms with E-state index in [2.05, 4.69) is 35.9 Å². The van der Waals surface area contributed by atoms with Gasteiger partial charge < -0.3 is 14.8 Å². The molecule has 1 heterocycles. The number of urea groups is 1. The minimum absolute atomic E-state index is 0.230. The average molecular weight is 379 g/mol. The lowest BCUT2D eigenvalue weighted by atomic mass is 10.2. The Labute approximate surface area is 165 Å². The van der Waals surface area contributed by atoms with Crippen molar-refractivity contribution < 1.29 is 9.18 Å². The monoisotopic (exact) mass is 379 g/mol. The Bertz CT molecular complexity index is 905. The number of amides is 2. The number of halogens is 1. The van der Waals surface area contributed by atoms with Crippen molar-refractivity contribution >= 4 is 11.7 Å². The van der Waals surface area contributed by atoms with Crippen LogP contribution in [0.4, 0.5) is 14.9 Å². The number of carbonyl (C=O) groups excluding carboxylic acids is 1. The summed E-state index contributed by atoms with van der Waals surface area (Å²) in [5, 5.41) is 2.81. The van der Waals surface area contributed by atoms with E-state index in [-0.39, 0.29) is 11.8 Å². The molecule has 0 fully saturated rings. The van der Waals surface area contributed by atoms with Crippen LogP contribution in [-0.4, -0.2) is 22.0 Å². The molecule has 0 bridgehead atoms. The quantitative estimate of drug-likeness (QED) is 0.589. The zero-order chi connectivity index (χ0) is 19.9. The number of nitrogens with one attached hydrogen (secondary N) is 1. The fourth-order valence-electron chi connectivity index (χ4n) is 3.15. The Morgan fingerprint density at radius 3 is 2.57 bits per heavy atom. The number of rotatable bonds is 7. The maximum Gasteiger partial charge on any atom is 0.322 e. The maximum atomic E-state index is 13.4. The van der Waals surface area contributed by atoms with Gasteiger partial charge in [-0.3, -0.25) is 0 Å². The summed E-state index contributed by atoms with van der Waals surface area (Å²) in [6, 6.07) is 20.0. The van der Waals surface area contributed by atoms with Crippen LogP contribution < -0.4 is 5.32 Å². The van der Waals surface area contributed by atoms with Gasteiger partial charge in [0.2, 0.25) is 0 Å². The molecule has 0 spiro atoms. The largest absolute Gasteiger partial charge is 0.345 e. The van der Waals surface area contributed by atoms with Crippen LogP contribution in [0.25, 0.3) is 0 Å². The van der Waals surface area contributed by atoms with Crippen LogP contribution in [0.3, 0.4) is 0 Å². The molecule has 4 nitrogen and oxygen atoms in total. The van der Waals surface area contributed by atoms with Gasteiger partial charge in [0, 0.05) is 30.7 Å². The first-order chi connectivity index (χ1) is 13.5. The summed E-state index contributed by atoms with van der Waals surface area (Å²) >= 11 is 0. The number of aromatic nitrogens is 1. The smallest absolute Gasteiger partial charge is 0.322 e. The highest BCUT2D eigenvalue weighted by Gasteiger charge is 2.17. The van der Waals surface area contributed by atoms with Crippen LogP contribution in [-0.2, 0) is 13.1 Å². The summed E-state index contributed by atoms with van der Waals surface area (Å²) in [5.74, 6) is -0.0549. The van der Waals surface area contributed by atoms with E-state index in [1.54, 1.807) is 17.0 Å². The lowest BCUT2D eigenvalue weighted by molar-refractivity contribution is 0.200. The fraction of sp³-hybridized carbons (Fsp3) is 0.261. The van der Waals surface area contributed by atoms with Gasteiger partial charge in [-0.25, -0.2) is 9.18 Å². The second-order valence-corrected chi connectivity index (χ2v) is 7.33. The highest BCUT2D eigenvalue weighted by atomic mass is 19.1. The first-order valence-corrected chi connectivity index (χ1v) is 9.50. The van der Waals surface area contributed by atoms with Crippen molar-refractivity contribution in [3.05, 3.63) is 90.0 Å². The molecule has 0 aliphatic rings. The van der Waals surface area contributed by atoms with Gasteiger partial charge >= 0.3 is 6.03 Å². The standard InChI is InChI=1S/C23H26FN3O/c1-18(2)15-27(23(28)25-21-11-6-10-20(24)14-21)17-22-12-7-13-26(22)16-19-8-4-3-5-9-19/h3-14,18H,15-17H2,1-2H3,(H,25,28). The molecule has 0 aliphatic carbocycles. The minimum Gasteiger partial charge on any atom is -0.345 e. The van der Waals surface area contributed by atoms with Gasteiger partial charge in [0.05, 0.1) is 6.54 Å². The molecule has 2 amide bonds. The van der Waals surface area contributed by atoms with E-state index in [9.17, 15) is 9.18 Å². The molecular weight excluding hydrogens is 353 g/mol. The Balaban J connectivity index is 1.74. The number of nitrogens with zero attached hydrogens (tertiary/aromatic N) is 2. The van der Waals surface area contributed by atoms with E-state index in [1.165, 1.54) is 17.7 Å². The van der Waals surface area contributed by atoms with E-state index in [1.807, 2.05) is 36.5 Å². The van der Waals surface area contributed by atoms with Gasteiger partial charge in [-0.05, 0) is 41.8 Å². The van der Waals surface area contributed by atoms with Crippen molar-refractivity contribution in [1.29, 1.82) is 0 Å². The average Bonchev–Trinajstić information content (AvgIpc) is 3.08. The Morgan fingerprint density at radius 1 is 1.07 bits per heavy atom. The highest BCUT2D eigenvalue weighted by Crippen LogP contribution is 2.15. The molecule has 5 heteroatoms. The second kappa shape index (κ2) is 9.22. The number of carbonyl (C=O) groups is 1. The molecule has 0 saturated carbocycles. The third kappa shape index (κ3) is 5.46. The van der Waals surface area contributed by atoms with Crippen molar-refractivity contribution in [3.63, 3.8) is 0 Å². The first kappa shape index (κ1) is 19.7. The molecule has 146 valence electrons. The van der Waals surface area contributed by atoms with Crippen molar-refractivity contribution in [2.45, 2.75) is 26.9 Å². The molecule has 3 rings (SSSR count). The van der Waals surface area contributed by atoms with Crippen molar-refractivity contribution in [3.8, 4) is 0 Å². The van der Waals surface area contributed by atoms with E-state index < -0.39 is 0 Å². The van der Waals surface area contributed by atoms with Crippen LogP contribution >= 0.6 is 0 Å². The molecular formula is C23H26FN3O. The number of hydrogen-bond acceptors (Lipinski definition) is 1. The van der Waals surface area contributed by atoms with Gasteiger partial charge in [-0.1, -0.05) is 50.2 Å². The molecule has 0 radical (unpaired) electrons. The molecule has 3 aromatic rings. The molecule has 1 aromatic heterocycles. The van der Waals surface area contributed by atoms with Crippen LogP contribution in [0.15, 0.2) is 72.9 Å². The van der Waals surface area contributed by atoms with Crippen LogP contribution in [0.5, 0.6) is 0 Å². The molecule has 0 atom stereocenters. The fourth-order valence-corrected chi connectivity index (χ4v) is 3.15. The lowest BCUT2D eigenvalue weighted by Gasteiger charge is -2.25. The van der Waals surface area contributed by atoms with E-state index >= 15 is 0 Å². The third-order valence-electron chi connectivity index (χ3n) is 4.42. The predicted octanol–water partition coefficient (Wildman–Crippen LogP) is 5.37. The van der Waals surface area contributed by atoms with Gasteiger partial charge in [0.15, 0.2) is 0 Å². The Kier molecular flexibility index (Phi) is 6.48. The molecule has 2 aromatic carbocycles. The number of benzene rings is 2. The third-order valence-corrected chi connectivity index (χ3v) is 4.42. The molecule has 28 heavy (non-hydrogen) atoms. The van der Waals surface area contributed by atoms with Crippen molar-refractivity contribution in [2.75, 3.05) is 11.9 Å². The molecule has 0 saturated heterocycles. The van der Waals surface area contributed by atoms with E-state index in [4.69, 9.17) is 0 Å². The minimum atomic E-state index is -0.370. The van der Waals surface area contributed by atoms with E-state index in [0.717, 1.165) is 12.2 Å². The van der Waals surface area contributed by atoms with Gasteiger partial charge in [0.1, 0.15) is 5.82 Å². The summed E-state index contributed by atoms with van der Waals surface area (Å²) in [6.45, 7) is 6.00. The predicted molar refractivity (Wildman–Crippen MR) is 111 cm³/mol. The number of hydrogen-bond donors (Lipinski definition) is 1. The van der Waals surface area contributed by atoms with Crippen molar-refractivity contribution in [2.24, 2.45) is 5.92 Å². The van der Waals surface area contributed by atoms with Gasteiger partial charge in [0.25, 0.3) is 0 Å². The lowest BCUT2D eigenvalue weighted by Crippen LogP contribution is -2.37. The van der Waals surface area contributed by atoms with Crippen LogP contribution in [0, 0.1) is 11.7 Å². The zero-order valence-electron chi connectivity index (χ0n) is 16.3. The summed E-state index contributed by atoms with van der Waals surface area (Å²) in [7, 11) is 0. The summed E-state index contributed by atoms with van der Waals surface area (Å²) < 4.78 is 15.6. The Hall–Kier alpha value is -3.08. The molecule has 0 aliphatic heterocycles. The zero-order valence-corrected chi connectivity index (χ0v) is 16.3. The number of anilines is 1. The van der Waals surface area contributed by atoms with Crippen LogP contribution in [0.1, 0.15) is 25.1 Å². The second-order valence-electron chi connectivity index (χ2n) is 7.33. The van der Waals surface area contributed by atoms with Gasteiger partial charge in [-0.15, -0.1) is 0 Å². The summed E-state index contributed by atoms with van der Waals surface area (Å²) in [6.07, 6.45) is 2.03. The highest BCUT2D eigenvalue weighted by molar-refractivity contribution is 5.89.